The first-order valence-corrected chi connectivity index (χ1v) is 4.57. The molecule has 0 spiro atoms. The van der Waals surface area contributed by atoms with E-state index in [0.717, 1.165) is 0 Å². The van der Waals surface area contributed by atoms with Crippen LogP contribution in [0.15, 0.2) is 0 Å². The van der Waals surface area contributed by atoms with Crippen LogP contribution in [0.25, 0.3) is 0 Å². The van der Waals surface area contributed by atoms with Gasteiger partial charge in [-0.1, -0.05) is 6.92 Å². The highest BCUT2D eigenvalue weighted by atomic mass is 19.1. The molecule has 14 heavy (non-hydrogen) atoms. The smallest absolute Gasteiger partial charge is 0.320 e. The zero-order valence-electron chi connectivity index (χ0n) is 8.42. The molecule has 82 valence electrons. The van der Waals surface area contributed by atoms with Crippen LogP contribution in [0, 0.1) is 0 Å². The van der Waals surface area contributed by atoms with Crippen LogP contribution in [0.5, 0.6) is 0 Å². The Kier molecular flexibility index (Phi) is 6.03. The topological polar surface area (TPSA) is 66.4 Å². The third kappa shape index (κ3) is 5.64. The number of carbonyl (C=O) groups is 2. The second kappa shape index (κ2) is 6.48. The molecule has 0 unspecified atom stereocenters. The van der Waals surface area contributed by atoms with Crippen LogP contribution in [0.1, 0.15) is 26.7 Å². The van der Waals surface area contributed by atoms with E-state index in [1.165, 1.54) is 0 Å². The second-order valence-corrected chi connectivity index (χ2v) is 3.19. The standard InChI is InChI=1S/C5H8FNO2.C4H8O/c6-3-1-4(5(8)9)7-2-3;1-3-4(2)5/h3-4,7H,1-2H2,(H,8,9);3H2,1-2H3/t3-,4+;/m1./s1. The lowest BCUT2D eigenvalue weighted by Crippen LogP contribution is -2.29. The first kappa shape index (κ1) is 13.0. The molecule has 2 N–H and O–H groups in total. The lowest BCUT2D eigenvalue weighted by Gasteiger charge is -1.99. The van der Waals surface area contributed by atoms with Crippen molar-refractivity contribution in [3.63, 3.8) is 0 Å². The molecule has 0 amide bonds. The summed E-state index contributed by atoms with van der Waals surface area (Å²) in [5.74, 6) is -0.708. The summed E-state index contributed by atoms with van der Waals surface area (Å²) in [6, 6.07) is -0.667. The fourth-order valence-corrected chi connectivity index (χ4v) is 0.881. The zero-order chi connectivity index (χ0) is 11.1. The molecule has 1 aliphatic heterocycles. The fraction of sp³-hybridized carbons (Fsp3) is 0.778. The van der Waals surface area contributed by atoms with E-state index in [0.29, 0.717) is 6.42 Å². The Morgan fingerprint density at radius 3 is 2.21 bits per heavy atom. The molecule has 1 saturated heterocycles. The molecular weight excluding hydrogens is 189 g/mol. The van der Waals surface area contributed by atoms with Crippen LogP contribution < -0.4 is 5.32 Å². The first-order valence-electron chi connectivity index (χ1n) is 4.57. The van der Waals surface area contributed by atoms with Crippen molar-refractivity contribution in [3.8, 4) is 0 Å². The number of ketones is 1. The van der Waals surface area contributed by atoms with Crippen LogP contribution in [-0.2, 0) is 9.59 Å². The van der Waals surface area contributed by atoms with Gasteiger partial charge in [-0.05, 0) is 6.92 Å². The maximum Gasteiger partial charge on any atom is 0.320 e. The molecule has 0 radical (unpaired) electrons. The maximum absolute atomic E-state index is 12.2. The SMILES string of the molecule is CCC(C)=O.O=C(O)[C@@H]1C[C@@H](F)CN1. The summed E-state index contributed by atoms with van der Waals surface area (Å²) in [6.45, 7) is 3.61. The Morgan fingerprint density at radius 1 is 1.57 bits per heavy atom. The molecule has 0 aromatic carbocycles. The maximum atomic E-state index is 12.2. The molecule has 5 heteroatoms. The number of hydrogen-bond acceptors (Lipinski definition) is 3. The van der Waals surface area contributed by atoms with Crippen molar-refractivity contribution < 1.29 is 19.1 Å². The number of carboxylic acids is 1. The van der Waals surface area contributed by atoms with Crippen LogP contribution in [0.2, 0.25) is 0 Å². The van der Waals surface area contributed by atoms with E-state index in [1.807, 2.05) is 6.92 Å². The lowest BCUT2D eigenvalue weighted by molar-refractivity contribution is -0.139. The average Bonchev–Trinajstić information content (AvgIpc) is 2.53. The van der Waals surface area contributed by atoms with Crippen molar-refractivity contribution in [2.24, 2.45) is 0 Å². The summed E-state index contributed by atoms with van der Waals surface area (Å²) in [6.07, 6.45) is -0.207. The van der Waals surface area contributed by atoms with E-state index in [-0.39, 0.29) is 18.7 Å². The predicted molar refractivity (Wildman–Crippen MR) is 49.9 cm³/mol. The van der Waals surface area contributed by atoms with Gasteiger partial charge in [0.25, 0.3) is 0 Å². The summed E-state index contributed by atoms with van der Waals surface area (Å²) in [5.41, 5.74) is 0. The van der Waals surface area contributed by atoms with Crippen molar-refractivity contribution in [3.05, 3.63) is 0 Å². The average molecular weight is 205 g/mol. The number of carboxylic acid groups (broad SMARTS) is 1. The summed E-state index contributed by atoms with van der Waals surface area (Å²) < 4.78 is 12.2. The Morgan fingerprint density at radius 2 is 2.07 bits per heavy atom. The van der Waals surface area contributed by atoms with Crippen molar-refractivity contribution in [2.45, 2.75) is 38.9 Å². The number of rotatable bonds is 2. The van der Waals surface area contributed by atoms with E-state index >= 15 is 0 Å². The van der Waals surface area contributed by atoms with Crippen molar-refractivity contribution in [1.29, 1.82) is 0 Å². The monoisotopic (exact) mass is 205 g/mol. The predicted octanol–water partition coefficient (Wildman–Crippen LogP) is 0.756. The van der Waals surface area contributed by atoms with Crippen LogP contribution >= 0.6 is 0 Å². The molecule has 0 aliphatic carbocycles. The van der Waals surface area contributed by atoms with Crippen LogP contribution in [0.4, 0.5) is 4.39 Å². The van der Waals surface area contributed by atoms with Gasteiger partial charge < -0.3 is 15.2 Å². The van der Waals surface area contributed by atoms with E-state index < -0.39 is 18.2 Å². The molecule has 0 aromatic rings. The van der Waals surface area contributed by atoms with E-state index in [4.69, 9.17) is 5.11 Å². The fourth-order valence-electron chi connectivity index (χ4n) is 0.881. The molecule has 4 nitrogen and oxygen atoms in total. The van der Waals surface area contributed by atoms with Gasteiger partial charge in [0, 0.05) is 19.4 Å². The van der Waals surface area contributed by atoms with Crippen LogP contribution in [-0.4, -0.2) is 35.6 Å². The largest absolute Gasteiger partial charge is 0.480 e. The number of hydrogen-bond donors (Lipinski definition) is 2. The number of nitrogens with one attached hydrogen (secondary N) is 1. The highest BCUT2D eigenvalue weighted by Crippen LogP contribution is 2.09. The highest BCUT2D eigenvalue weighted by Gasteiger charge is 2.28. The number of carbonyl (C=O) groups excluding carboxylic acids is 1. The summed E-state index contributed by atoms with van der Waals surface area (Å²) in [4.78, 5) is 19.9. The van der Waals surface area contributed by atoms with Gasteiger partial charge in [-0.25, -0.2) is 4.39 Å². The normalized spacial score (nSPS) is 25.1. The molecule has 1 aliphatic rings. The first-order chi connectivity index (χ1) is 6.47. The van der Waals surface area contributed by atoms with E-state index in [1.54, 1.807) is 6.92 Å². The van der Waals surface area contributed by atoms with Crippen molar-refractivity contribution >= 4 is 11.8 Å². The Balaban J connectivity index is 0.000000292. The number of Topliss-reactive ketones (excluding diaryl/α,β-unsaturated/α-hetero) is 1. The molecule has 1 fully saturated rings. The third-order valence-corrected chi connectivity index (χ3v) is 1.87. The Labute approximate surface area is 82.5 Å². The lowest BCUT2D eigenvalue weighted by atomic mass is 10.2. The van der Waals surface area contributed by atoms with E-state index in [9.17, 15) is 14.0 Å². The molecule has 0 aromatic heterocycles. The van der Waals surface area contributed by atoms with Gasteiger partial charge in [-0.3, -0.25) is 4.79 Å². The van der Waals surface area contributed by atoms with Gasteiger partial charge in [0.1, 0.15) is 18.0 Å². The molecule has 0 saturated carbocycles. The molecule has 1 rings (SSSR count). The molecular formula is C9H16FNO3. The van der Waals surface area contributed by atoms with Gasteiger partial charge in [0.15, 0.2) is 0 Å². The van der Waals surface area contributed by atoms with Gasteiger partial charge in [0.2, 0.25) is 0 Å². The second-order valence-electron chi connectivity index (χ2n) is 3.19. The molecule has 2 atom stereocenters. The molecule has 0 bridgehead atoms. The van der Waals surface area contributed by atoms with Gasteiger partial charge in [-0.15, -0.1) is 0 Å². The minimum Gasteiger partial charge on any atom is -0.480 e. The van der Waals surface area contributed by atoms with Crippen molar-refractivity contribution in [2.75, 3.05) is 6.54 Å². The summed E-state index contributed by atoms with van der Waals surface area (Å²) >= 11 is 0. The zero-order valence-corrected chi connectivity index (χ0v) is 8.42. The van der Waals surface area contributed by atoms with Crippen molar-refractivity contribution in [1.82, 2.24) is 5.32 Å². The Bertz CT molecular complexity index is 208. The Hall–Kier alpha value is -0.970. The van der Waals surface area contributed by atoms with Gasteiger partial charge in [-0.2, -0.15) is 0 Å². The molecule has 1 heterocycles. The summed E-state index contributed by atoms with van der Waals surface area (Å²) in [5, 5.41) is 10.8. The minimum atomic E-state index is -0.980. The minimum absolute atomic E-state index is 0.106. The van der Waals surface area contributed by atoms with Gasteiger partial charge in [0.05, 0.1) is 0 Å². The summed E-state index contributed by atoms with van der Waals surface area (Å²) in [7, 11) is 0. The number of aliphatic carboxylic acids is 1. The number of alkyl halides is 1. The highest BCUT2D eigenvalue weighted by molar-refractivity contribution is 5.75. The van der Waals surface area contributed by atoms with E-state index in [2.05, 4.69) is 5.32 Å². The quantitative estimate of drug-likeness (QED) is 0.698. The van der Waals surface area contributed by atoms with Gasteiger partial charge >= 0.3 is 5.97 Å². The number of halogens is 1. The van der Waals surface area contributed by atoms with Crippen LogP contribution in [0.3, 0.4) is 0 Å². The third-order valence-electron chi connectivity index (χ3n) is 1.87.